The lowest BCUT2D eigenvalue weighted by molar-refractivity contribution is -0.133. The molecule has 0 aromatic rings. The van der Waals surface area contributed by atoms with E-state index in [-0.39, 0.29) is 0 Å². The van der Waals surface area contributed by atoms with Crippen LogP contribution in [0.2, 0.25) is 0 Å². The Morgan fingerprint density at radius 1 is 1.27 bits per heavy atom. The number of hydroxylamine groups is 3. The summed E-state index contributed by atoms with van der Waals surface area (Å²) in [6.45, 7) is 4.71. The van der Waals surface area contributed by atoms with Crippen LogP contribution >= 0.6 is 0 Å². The molecule has 0 unspecified atom stereocenters. The van der Waals surface area contributed by atoms with Crippen molar-refractivity contribution in [1.29, 1.82) is 0 Å². The van der Waals surface area contributed by atoms with Gasteiger partial charge in [0.05, 0.1) is 14.2 Å². The predicted molar refractivity (Wildman–Crippen MR) is 43.9 cm³/mol. The first-order chi connectivity index (χ1) is 5.35. The molecule has 0 amide bonds. The smallest absolute Gasteiger partial charge is 0.0575 e. The second-order valence-corrected chi connectivity index (χ2v) is 2.21. The third-order valence-corrected chi connectivity index (χ3v) is 1.34. The molecule has 11 heavy (non-hydrogen) atoms. The molecular formula is C7H18N2O2. The second kappa shape index (κ2) is 7.94. The lowest BCUT2D eigenvalue weighted by Crippen LogP contribution is -2.31. The minimum absolute atomic E-state index is 0.782. The fourth-order valence-corrected chi connectivity index (χ4v) is 0.816. The quantitative estimate of drug-likeness (QED) is 0.434. The van der Waals surface area contributed by atoms with Crippen LogP contribution in [0.15, 0.2) is 0 Å². The van der Waals surface area contributed by atoms with E-state index in [2.05, 4.69) is 17.2 Å². The van der Waals surface area contributed by atoms with E-state index in [1.165, 1.54) is 0 Å². The molecule has 0 atom stereocenters. The standard InChI is InChI=1S/C7H18N2O2/c1-4-6-9(11-3)7-5-8-10-2/h8H,4-7H2,1-3H3. The van der Waals surface area contributed by atoms with Gasteiger partial charge in [0.2, 0.25) is 0 Å². The summed E-state index contributed by atoms with van der Waals surface area (Å²) in [7, 11) is 3.29. The van der Waals surface area contributed by atoms with E-state index in [1.54, 1.807) is 14.2 Å². The molecule has 0 saturated carbocycles. The maximum Gasteiger partial charge on any atom is 0.0575 e. The summed E-state index contributed by atoms with van der Waals surface area (Å²) < 4.78 is 0. The first kappa shape index (κ1) is 10.8. The molecule has 0 aliphatic heterocycles. The van der Waals surface area contributed by atoms with Crippen LogP contribution in [0.3, 0.4) is 0 Å². The molecule has 0 spiro atoms. The van der Waals surface area contributed by atoms with Gasteiger partial charge in [-0.2, -0.15) is 5.06 Å². The molecule has 0 saturated heterocycles. The Morgan fingerprint density at radius 2 is 2.00 bits per heavy atom. The molecule has 0 fully saturated rings. The van der Waals surface area contributed by atoms with Crippen molar-refractivity contribution in [2.45, 2.75) is 13.3 Å². The number of hydrogen-bond donors (Lipinski definition) is 1. The van der Waals surface area contributed by atoms with Gasteiger partial charge in [-0.25, -0.2) is 5.48 Å². The number of nitrogens with zero attached hydrogens (tertiary/aromatic N) is 1. The van der Waals surface area contributed by atoms with Crippen LogP contribution in [0.5, 0.6) is 0 Å². The molecule has 0 aromatic carbocycles. The van der Waals surface area contributed by atoms with Gasteiger partial charge in [-0.1, -0.05) is 6.92 Å². The van der Waals surface area contributed by atoms with Gasteiger partial charge in [-0.3, -0.25) is 0 Å². The van der Waals surface area contributed by atoms with Gasteiger partial charge in [-0.15, -0.1) is 0 Å². The molecule has 0 heterocycles. The van der Waals surface area contributed by atoms with E-state index in [4.69, 9.17) is 4.84 Å². The van der Waals surface area contributed by atoms with E-state index < -0.39 is 0 Å². The van der Waals surface area contributed by atoms with Gasteiger partial charge < -0.3 is 9.68 Å². The second-order valence-electron chi connectivity index (χ2n) is 2.21. The Hall–Kier alpha value is -0.160. The summed E-state index contributed by atoms with van der Waals surface area (Å²) in [6.07, 6.45) is 1.10. The van der Waals surface area contributed by atoms with Crippen molar-refractivity contribution in [1.82, 2.24) is 10.5 Å². The number of rotatable bonds is 7. The largest absolute Gasteiger partial charge is 0.305 e. The first-order valence-electron chi connectivity index (χ1n) is 3.90. The van der Waals surface area contributed by atoms with Crippen LogP contribution in [-0.4, -0.2) is 38.9 Å². The third kappa shape index (κ3) is 6.25. The maximum atomic E-state index is 5.08. The third-order valence-electron chi connectivity index (χ3n) is 1.34. The highest BCUT2D eigenvalue weighted by Gasteiger charge is 1.99. The fraction of sp³-hybridized carbons (Fsp3) is 1.00. The summed E-state index contributed by atoms with van der Waals surface area (Å²) in [5, 5.41) is 1.89. The highest BCUT2D eigenvalue weighted by Crippen LogP contribution is 1.88. The topological polar surface area (TPSA) is 33.7 Å². The molecule has 4 nitrogen and oxygen atoms in total. The SMILES string of the molecule is CCCN(CCNOC)OC. The van der Waals surface area contributed by atoms with Crippen molar-refractivity contribution in [3.63, 3.8) is 0 Å². The average molecular weight is 162 g/mol. The molecule has 0 aromatic heterocycles. The normalized spacial score (nSPS) is 10.9. The number of hydrogen-bond acceptors (Lipinski definition) is 4. The molecule has 0 aliphatic carbocycles. The molecule has 68 valence electrons. The Bertz CT molecular complexity index is 80.8. The Balaban J connectivity index is 3.20. The summed E-state index contributed by atoms with van der Waals surface area (Å²) in [4.78, 5) is 9.76. The van der Waals surface area contributed by atoms with Gasteiger partial charge in [-0.05, 0) is 6.42 Å². The highest BCUT2D eigenvalue weighted by atomic mass is 16.7. The Morgan fingerprint density at radius 3 is 2.45 bits per heavy atom. The first-order valence-corrected chi connectivity index (χ1v) is 3.90. The van der Waals surface area contributed by atoms with Crippen LogP contribution in [0.25, 0.3) is 0 Å². The summed E-state index contributed by atoms with van der Waals surface area (Å²) in [5.74, 6) is 0. The molecule has 0 rings (SSSR count). The molecule has 0 bridgehead atoms. The Kier molecular flexibility index (Phi) is 7.83. The summed E-state index contributed by atoms with van der Waals surface area (Å²) >= 11 is 0. The van der Waals surface area contributed by atoms with Gasteiger partial charge in [0.25, 0.3) is 0 Å². The van der Waals surface area contributed by atoms with Crippen molar-refractivity contribution in [3.05, 3.63) is 0 Å². The predicted octanol–water partition coefficient (Wildman–Crippen LogP) is 0.411. The lowest BCUT2D eigenvalue weighted by atomic mass is 10.4. The van der Waals surface area contributed by atoms with Crippen LogP contribution in [-0.2, 0) is 9.68 Å². The monoisotopic (exact) mass is 162 g/mol. The molecular weight excluding hydrogens is 144 g/mol. The molecule has 4 heteroatoms. The fourth-order valence-electron chi connectivity index (χ4n) is 0.816. The van der Waals surface area contributed by atoms with Crippen molar-refractivity contribution in [3.8, 4) is 0 Å². The van der Waals surface area contributed by atoms with E-state index in [0.29, 0.717) is 0 Å². The molecule has 0 aliphatic rings. The lowest BCUT2D eigenvalue weighted by Gasteiger charge is -2.18. The van der Waals surface area contributed by atoms with Gasteiger partial charge in [0, 0.05) is 19.6 Å². The van der Waals surface area contributed by atoms with Crippen molar-refractivity contribution in [2.75, 3.05) is 33.9 Å². The van der Waals surface area contributed by atoms with Crippen molar-refractivity contribution >= 4 is 0 Å². The number of nitrogens with one attached hydrogen (secondary N) is 1. The Labute approximate surface area is 68.4 Å². The minimum atomic E-state index is 0.782. The summed E-state index contributed by atoms with van der Waals surface area (Å²) in [6, 6.07) is 0. The van der Waals surface area contributed by atoms with Crippen LogP contribution in [0, 0.1) is 0 Å². The highest BCUT2D eigenvalue weighted by molar-refractivity contribution is 4.44. The zero-order valence-corrected chi connectivity index (χ0v) is 7.59. The minimum Gasteiger partial charge on any atom is -0.305 e. The van der Waals surface area contributed by atoms with E-state index in [1.807, 2.05) is 5.06 Å². The van der Waals surface area contributed by atoms with Gasteiger partial charge in [0.1, 0.15) is 0 Å². The zero-order chi connectivity index (χ0) is 8.53. The van der Waals surface area contributed by atoms with Crippen LogP contribution < -0.4 is 5.48 Å². The van der Waals surface area contributed by atoms with Crippen LogP contribution in [0.4, 0.5) is 0 Å². The van der Waals surface area contributed by atoms with Gasteiger partial charge >= 0.3 is 0 Å². The summed E-state index contributed by atoms with van der Waals surface area (Å²) in [5.41, 5.74) is 2.75. The molecule has 0 radical (unpaired) electrons. The molecule has 1 N–H and O–H groups in total. The van der Waals surface area contributed by atoms with E-state index in [9.17, 15) is 0 Å². The zero-order valence-electron chi connectivity index (χ0n) is 7.59. The average Bonchev–Trinajstić information content (AvgIpc) is 2.03. The van der Waals surface area contributed by atoms with E-state index >= 15 is 0 Å². The van der Waals surface area contributed by atoms with Gasteiger partial charge in [0.15, 0.2) is 0 Å². The van der Waals surface area contributed by atoms with Crippen molar-refractivity contribution < 1.29 is 9.68 Å². The van der Waals surface area contributed by atoms with Crippen molar-refractivity contribution in [2.24, 2.45) is 0 Å². The maximum absolute atomic E-state index is 5.08. The van der Waals surface area contributed by atoms with E-state index in [0.717, 1.165) is 26.1 Å². The van der Waals surface area contributed by atoms with Crippen LogP contribution in [0.1, 0.15) is 13.3 Å².